The van der Waals surface area contributed by atoms with E-state index in [4.69, 9.17) is 11.6 Å². The van der Waals surface area contributed by atoms with Crippen molar-refractivity contribution in [2.75, 3.05) is 5.32 Å². The molecular formula is C23H26ClN7O. The van der Waals surface area contributed by atoms with Crippen LogP contribution in [0.1, 0.15) is 44.4 Å². The molecule has 1 amide bonds. The van der Waals surface area contributed by atoms with Gasteiger partial charge in [0.15, 0.2) is 5.69 Å². The summed E-state index contributed by atoms with van der Waals surface area (Å²) in [5, 5.41) is 17.1. The molecule has 4 rings (SSSR count). The van der Waals surface area contributed by atoms with Gasteiger partial charge >= 0.3 is 0 Å². The molecule has 0 radical (unpaired) electrons. The summed E-state index contributed by atoms with van der Waals surface area (Å²) in [6.07, 6.45) is 1.75. The summed E-state index contributed by atoms with van der Waals surface area (Å²) in [5.74, 6) is -0.281. The maximum absolute atomic E-state index is 12.9. The molecule has 0 atom stereocenters. The Morgan fingerprint density at radius 2 is 1.66 bits per heavy atom. The van der Waals surface area contributed by atoms with Crippen molar-refractivity contribution >= 4 is 23.2 Å². The van der Waals surface area contributed by atoms with Crippen molar-refractivity contribution < 1.29 is 4.79 Å². The number of nitrogens with one attached hydrogen (secondary N) is 1. The molecule has 3 aromatic heterocycles. The van der Waals surface area contributed by atoms with Gasteiger partial charge in [0.05, 0.1) is 40.0 Å². The Morgan fingerprint density at radius 1 is 0.938 bits per heavy atom. The van der Waals surface area contributed by atoms with Gasteiger partial charge in [-0.25, -0.2) is 4.68 Å². The van der Waals surface area contributed by atoms with Crippen molar-refractivity contribution in [2.45, 2.75) is 47.8 Å². The monoisotopic (exact) mass is 451 g/mol. The average molecular weight is 452 g/mol. The van der Waals surface area contributed by atoms with Crippen LogP contribution in [0.4, 0.5) is 5.69 Å². The van der Waals surface area contributed by atoms with Crippen LogP contribution >= 0.6 is 11.6 Å². The highest BCUT2D eigenvalue weighted by Gasteiger charge is 2.18. The van der Waals surface area contributed by atoms with Crippen molar-refractivity contribution in [1.82, 2.24) is 29.3 Å². The van der Waals surface area contributed by atoms with Crippen LogP contribution in [0.3, 0.4) is 0 Å². The Labute approximate surface area is 191 Å². The molecule has 0 unspecified atom stereocenters. The van der Waals surface area contributed by atoms with Gasteiger partial charge in [-0.05, 0) is 51.8 Å². The van der Waals surface area contributed by atoms with Crippen LogP contribution < -0.4 is 5.32 Å². The number of rotatable bonds is 6. The molecule has 4 aromatic rings. The van der Waals surface area contributed by atoms with E-state index in [9.17, 15) is 4.79 Å². The van der Waals surface area contributed by atoms with Gasteiger partial charge in [-0.15, -0.1) is 0 Å². The fourth-order valence-corrected chi connectivity index (χ4v) is 3.81. The minimum atomic E-state index is -0.281. The first-order chi connectivity index (χ1) is 15.2. The summed E-state index contributed by atoms with van der Waals surface area (Å²) in [5.41, 5.74) is 6.73. The molecule has 1 N–H and O–H groups in total. The third-order valence-electron chi connectivity index (χ3n) is 5.65. The zero-order valence-corrected chi connectivity index (χ0v) is 19.6. The lowest BCUT2D eigenvalue weighted by atomic mass is 10.1. The molecular weight excluding hydrogens is 426 g/mol. The normalized spacial score (nSPS) is 11.2. The molecule has 9 heteroatoms. The van der Waals surface area contributed by atoms with E-state index in [0.717, 1.165) is 22.8 Å². The maximum Gasteiger partial charge on any atom is 0.276 e. The summed E-state index contributed by atoms with van der Waals surface area (Å²) in [6, 6.07) is 9.90. The lowest BCUT2D eigenvalue weighted by molar-refractivity contribution is 0.102. The molecule has 0 saturated heterocycles. The topological polar surface area (TPSA) is 82.6 Å². The summed E-state index contributed by atoms with van der Waals surface area (Å²) >= 11 is 6.22. The van der Waals surface area contributed by atoms with E-state index < -0.39 is 0 Å². The number of hydrogen-bond donors (Lipinski definition) is 1. The van der Waals surface area contributed by atoms with Gasteiger partial charge < -0.3 is 5.32 Å². The molecule has 0 saturated carbocycles. The van der Waals surface area contributed by atoms with E-state index in [2.05, 4.69) is 39.7 Å². The van der Waals surface area contributed by atoms with Gasteiger partial charge in [0, 0.05) is 6.20 Å². The smallest absolute Gasteiger partial charge is 0.276 e. The average Bonchev–Trinajstić information content (AvgIpc) is 3.40. The van der Waals surface area contributed by atoms with Crippen LogP contribution in [0, 0.1) is 34.6 Å². The second-order valence-electron chi connectivity index (χ2n) is 7.95. The number of aryl methyl sites for hydroxylation is 3. The second-order valence-corrected chi connectivity index (χ2v) is 8.33. The summed E-state index contributed by atoms with van der Waals surface area (Å²) in [4.78, 5) is 12.9. The number of benzene rings is 1. The highest BCUT2D eigenvalue weighted by Crippen LogP contribution is 2.22. The minimum Gasteiger partial charge on any atom is -0.317 e. The first-order valence-electron chi connectivity index (χ1n) is 10.4. The quantitative estimate of drug-likeness (QED) is 0.474. The van der Waals surface area contributed by atoms with E-state index in [-0.39, 0.29) is 5.91 Å². The van der Waals surface area contributed by atoms with E-state index in [1.165, 1.54) is 11.1 Å². The highest BCUT2D eigenvalue weighted by molar-refractivity contribution is 6.31. The largest absolute Gasteiger partial charge is 0.317 e. The van der Waals surface area contributed by atoms with Gasteiger partial charge in [0.1, 0.15) is 6.67 Å². The molecule has 0 bridgehead atoms. The Kier molecular flexibility index (Phi) is 5.88. The van der Waals surface area contributed by atoms with Crippen molar-refractivity contribution in [1.29, 1.82) is 0 Å². The van der Waals surface area contributed by atoms with Gasteiger partial charge in [0.2, 0.25) is 0 Å². The minimum absolute atomic E-state index is 0.281. The van der Waals surface area contributed by atoms with E-state index in [0.29, 0.717) is 29.6 Å². The molecule has 3 heterocycles. The first kappa shape index (κ1) is 21.8. The van der Waals surface area contributed by atoms with Gasteiger partial charge in [-0.1, -0.05) is 35.9 Å². The lowest BCUT2D eigenvalue weighted by Gasteiger charge is -2.08. The first-order valence-corrected chi connectivity index (χ1v) is 10.7. The van der Waals surface area contributed by atoms with Gasteiger partial charge in [-0.2, -0.15) is 15.3 Å². The molecule has 0 aliphatic carbocycles. The van der Waals surface area contributed by atoms with Crippen LogP contribution in [0.2, 0.25) is 5.02 Å². The van der Waals surface area contributed by atoms with Crippen molar-refractivity contribution in [3.8, 4) is 0 Å². The molecule has 32 heavy (non-hydrogen) atoms. The molecule has 0 aliphatic heterocycles. The summed E-state index contributed by atoms with van der Waals surface area (Å²) < 4.78 is 5.33. The highest BCUT2D eigenvalue weighted by atomic mass is 35.5. The van der Waals surface area contributed by atoms with E-state index >= 15 is 0 Å². The molecule has 0 aliphatic rings. The number of aromatic nitrogens is 6. The maximum atomic E-state index is 12.9. The van der Waals surface area contributed by atoms with Crippen LogP contribution in [0.15, 0.2) is 36.5 Å². The number of carbonyl (C=O) groups excluding carboxylic acids is 1. The third kappa shape index (κ3) is 4.18. The van der Waals surface area contributed by atoms with Crippen LogP contribution in [0.25, 0.3) is 0 Å². The number of halogens is 1. The molecule has 166 valence electrons. The Balaban J connectivity index is 1.49. The molecule has 0 spiro atoms. The summed E-state index contributed by atoms with van der Waals surface area (Å²) in [7, 11) is 0. The third-order valence-corrected chi connectivity index (χ3v) is 6.19. The van der Waals surface area contributed by atoms with Crippen molar-refractivity contribution in [3.05, 3.63) is 81.1 Å². The molecule has 8 nitrogen and oxygen atoms in total. The fourth-order valence-electron chi connectivity index (χ4n) is 3.67. The SMILES string of the molecule is Cc1ccccc1Cn1nc(C)c(NC(=O)c2ccn(Cn3nc(C)c(Cl)c3C)n2)c1C. The standard InChI is InChI=1S/C23H26ClN7O/c1-14-8-6-7-9-19(14)12-30-18(5)22(16(3)27-30)25-23(32)20-10-11-29(28-20)13-31-17(4)21(24)15(2)26-31/h6-11H,12-13H2,1-5H3,(H,25,32). The number of amides is 1. The molecule has 0 fully saturated rings. The van der Waals surface area contributed by atoms with Crippen LogP contribution in [0.5, 0.6) is 0 Å². The lowest BCUT2D eigenvalue weighted by Crippen LogP contribution is -2.16. The van der Waals surface area contributed by atoms with E-state index in [1.54, 1.807) is 21.6 Å². The van der Waals surface area contributed by atoms with Crippen LogP contribution in [-0.4, -0.2) is 35.2 Å². The van der Waals surface area contributed by atoms with Gasteiger partial charge in [0.25, 0.3) is 5.91 Å². The molecule has 1 aromatic carbocycles. The number of carbonyl (C=O) groups is 1. The van der Waals surface area contributed by atoms with Crippen molar-refractivity contribution in [3.63, 3.8) is 0 Å². The Morgan fingerprint density at radius 3 is 2.34 bits per heavy atom. The zero-order chi connectivity index (χ0) is 23.0. The number of anilines is 1. The van der Waals surface area contributed by atoms with E-state index in [1.807, 2.05) is 44.5 Å². The predicted molar refractivity (Wildman–Crippen MR) is 124 cm³/mol. The second kappa shape index (κ2) is 8.63. The zero-order valence-electron chi connectivity index (χ0n) is 18.8. The number of hydrogen-bond acceptors (Lipinski definition) is 4. The van der Waals surface area contributed by atoms with Gasteiger partial charge in [-0.3, -0.25) is 14.2 Å². The number of nitrogens with zero attached hydrogens (tertiary/aromatic N) is 6. The Hall–Kier alpha value is -3.39. The Bertz CT molecular complexity index is 1300. The predicted octanol–water partition coefficient (Wildman–Crippen LogP) is 4.28. The van der Waals surface area contributed by atoms with Crippen LogP contribution in [-0.2, 0) is 13.2 Å². The fraction of sp³-hybridized carbons (Fsp3) is 0.304. The summed E-state index contributed by atoms with van der Waals surface area (Å²) in [6.45, 7) is 10.7. The van der Waals surface area contributed by atoms with Crippen molar-refractivity contribution in [2.24, 2.45) is 0 Å².